The van der Waals surface area contributed by atoms with E-state index in [1.54, 1.807) is 26.2 Å². The van der Waals surface area contributed by atoms with E-state index in [0.717, 1.165) is 5.69 Å². The van der Waals surface area contributed by atoms with Gasteiger partial charge in [-0.3, -0.25) is 9.59 Å². The fourth-order valence-corrected chi connectivity index (χ4v) is 1.70. The molecule has 1 amide bonds. The molecule has 5 nitrogen and oxygen atoms in total. The molecule has 1 unspecified atom stereocenters. The highest BCUT2D eigenvalue weighted by Gasteiger charge is 2.12. The predicted molar refractivity (Wildman–Crippen MR) is 79.0 cm³/mol. The van der Waals surface area contributed by atoms with Gasteiger partial charge in [0.1, 0.15) is 6.04 Å². The van der Waals surface area contributed by atoms with Crippen molar-refractivity contribution < 1.29 is 14.3 Å². The van der Waals surface area contributed by atoms with Gasteiger partial charge in [0.25, 0.3) is 0 Å². The van der Waals surface area contributed by atoms with Crippen molar-refractivity contribution in [3.05, 3.63) is 29.8 Å². The Bertz CT molecular complexity index is 443. The van der Waals surface area contributed by atoms with E-state index in [9.17, 15) is 9.59 Å². The SMILES string of the molecule is CCC(=O)c1ccc(NC(C)C(=O)NCCOC)cc1. The van der Waals surface area contributed by atoms with Crippen molar-refractivity contribution in [2.45, 2.75) is 26.3 Å². The number of carbonyl (C=O) groups excluding carboxylic acids is 2. The number of rotatable bonds is 8. The van der Waals surface area contributed by atoms with E-state index in [4.69, 9.17) is 4.74 Å². The van der Waals surface area contributed by atoms with Crippen LogP contribution < -0.4 is 10.6 Å². The van der Waals surface area contributed by atoms with E-state index in [-0.39, 0.29) is 17.7 Å². The van der Waals surface area contributed by atoms with Crippen LogP contribution in [0.15, 0.2) is 24.3 Å². The van der Waals surface area contributed by atoms with Gasteiger partial charge < -0.3 is 15.4 Å². The fourth-order valence-electron chi connectivity index (χ4n) is 1.70. The number of ketones is 1. The molecule has 110 valence electrons. The van der Waals surface area contributed by atoms with Crippen LogP contribution in [0.25, 0.3) is 0 Å². The van der Waals surface area contributed by atoms with Crippen LogP contribution in [0, 0.1) is 0 Å². The molecule has 20 heavy (non-hydrogen) atoms. The standard InChI is InChI=1S/C15H22N2O3/c1-4-14(18)12-5-7-13(8-6-12)17-11(2)15(19)16-9-10-20-3/h5-8,11,17H,4,9-10H2,1-3H3,(H,16,19). The highest BCUT2D eigenvalue weighted by molar-refractivity contribution is 5.96. The molecule has 5 heteroatoms. The molecule has 0 bridgehead atoms. The lowest BCUT2D eigenvalue weighted by Gasteiger charge is -2.15. The summed E-state index contributed by atoms with van der Waals surface area (Å²) in [5, 5.41) is 5.85. The second kappa shape index (κ2) is 8.32. The summed E-state index contributed by atoms with van der Waals surface area (Å²) >= 11 is 0. The van der Waals surface area contributed by atoms with Crippen molar-refractivity contribution in [3.63, 3.8) is 0 Å². The molecular formula is C15H22N2O3. The molecule has 2 N–H and O–H groups in total. The fraction of sp³-hybridized carbons (Fsp3) is 0.467. The highest BCUT2D eigenvalue weighted by Crippen LogP contribution is 2.12. The Morgan fingerprint density at radius 1 is 1.25 bits per heavy atom. The zero-order chi connectivity index (χ0) is 15.0. The van der Waals surface area contributed by atoms with Crippen molar-refractivity contribution in [1.29, 1.82) is 0 Å². The van der Waals surface area contributed by atoms with Gasteiger partial charge in [-0.15, -0.1) is 0 Å². The molecule has 0 radical (unpaired) electrons. The minimum atomic E-state index is -0.348. The van der Waals surface area contributed by atoms with Gasteiger partial charge in [-0.05, 0) is 31.2 Å². The maximum atomic E-state index is 11.8. The maximum absolute atomic E-state index is 11.8. The Morgan fingerprint density at radius 3 is 2.45 bits per heavy atom. The number of carbonyl (C=O) groups is 2. The molecule has 0 aromatic heterocycles. The van der Waals surface area contributed by atoms with Crippen LogP contribution in [0.1, 0.15) is 30.6 Å². The number of methoxy groups -OCH3 is 1. The number of amides is 1. The van der Waals surface area contributed by atoms with E-state index >= 15 is 0 Å². The summed E-state index contributed by atoms with van der Waals surface area (Å²) < 4.78 is 4.87. The summed E-state index contributed by atoms with van der Waals surface area (Å²) in [4.78, 5) is 23.3. The quantitative estimate of drug-likeness (QED) is 0.562. The van der Waals surface area contributed by atoms with Gasteiger partial charge in [-0.25, -0.2) is 0 Å². The van der Waals surface area contributed by atoms with Gasteiger partial charge in [0.15, 0.2) is 5.78 Å². The Morgan fingerprint density at radius 2 is 1.90 bits per heavy atom. The minimum Gasteiger partial charge on any atom is -0.383 e. The van der Waals surface area contributed by atoms with Crippen LogP contribution >= 0.6 is 0 Å². The zero-order valence-electron chi connectivity index (χ0n) is 12.2. The Balaban J connectivity index is 2.51. The molecule has 1 aromatic carbocycles. The lowest BCUT2D eigenvalue weighted by molar-refractivity contribution is -0.121. The summed E-state index contributed by atoms with van der Waals surface area (Å²) in [6.07, 6.45) is 0.491. The molecule has 1 atom stereocenters. The first-order valence-corrected chi connectivity index (χ1v) is 6.75. The smallest absolute Gasteiger partial charge is 0.242 e. The molecular weight excluding hydrogens is 256 g/mol. The number of anilines is 1. The molecule has 0 spiro atoms. The molecule has 0 aliphatic rings. The third-order valence-corrected chi connectivity index (χ3v) is 2.91. The van der Waals surface area contributed by atoms with Crippen LogP contribution in [0.2, 0.25) is 0 Å². The van der Waals surface area contributed by atoms with Crippen molar-refractivity contribution in [2.24, 2.45) is 0 Å². The topological polar surface area (TPSA) is 67.4 Å². The van der Waals surface area contributed by atoms with Gasteiger partial charge >= 0.3 is 0 Å². The van der Waals surface area contributed by atoms with E-state index < -0.39 is 0 Å². The average Bonchev–Trinajstić information content (AvgIpc) is 2.47. The predicted octanol–water partition coefficient (Wildman–Crippen LogP) is 1.84. The summed E-state index contributed by atoms with van der Waals surface area (Å²) in [5.74, 6) is 0.0256. The van der Waals surface area contributed by atoms with Crippen LogP contribution in [0.4, 0.5) is 5.69 Å². The lowest BCUT2D eigenvalue weighted by Crippen LogP contribution is -2.39. The molecule has 1 aromatic rings. The normalized spacial score (nSPS) is 11.8. The number of nitrogens with one attached hydrogen (secondary N) is 2. The first kappa shape index (κ1) is 16.2. The molecule has 0 heterocycles. The number of Topliss-reactive ketones (excluding diaryl/α,β-unsaturated/α-hetero) is 1. The van der Waals surface area contributed by atoms with Gasteiger partial charge in [0.05, 0.1) is 6.61 Å². The molecule has 1 rings (SSSR count). The largest absolute Gasteiger partial charge is 0.383 e. The van der Waals surface area contributed by atoms with Gasteiger partial charge in [0.2, 0.25) is 5.91 Å². The highest BCUT2D eigenvalue weighted by atomic mass is 16.5. The summed E-state index contributed by atoms with van der Waals surface area (Å²) in [7, 11) is 1.59. The molecule has 0 aliphatic heterocycles. The average molecular weight is 278 g/mol. The van der Waals surface area contributed by atoms with E-state index in [1.807, 2.05) is 19.1 Å². The number of hydrogen-bond donors (Lipinski definition) is 2. The number of benzene rings is 1. The number of ether oxygens (including phenoxy) is 1. The maximum Gasteiger partial charge on any atom is 0.242 e. The zero-order valence-corrected chi connectivity index (χ0v) is 12.2. The van der Waals surface area contributed by atoms with E-state index in [1.165, 1.54) is 0 Å². The molecule has 0 saturated heterocycles. The van der Waals surface area contributed by atoms with Crippen LogP contribution in [0.3, 0.4) is 0 Å². The van der Waals surface area contributed by atoms with Crippen molar-refractivity contribution in [2.75, 3.05) is 25.6 Å². The molecule has 0 fully saturated rings. The van der Waals surface area contributed by atoms with Crippen molar-refractivity contribution in [1.82, 2.24) is 5.32 Å². The van der Waals surface area contributed by atoms with Crippen molar-refractivity contribution in [3.8, 4) is 0 Å². The number of hydrogen-bond acceptors (Lipinski definition) is 4. The summed E-state index contributed by atoms with van der Waals surface area (Å²) in [6, 6.07) is 6.80. The van der Waals surface area contributed by atoms with Gasteiger partial charge in [-0.1, -0.05) is 6.92 Å². The summed E-state index contributed by atoms with van der Waals surface area (Å²) in [6.45, 7) is 4.60. The second-order valence-electron chi connectivity index (χ2n) is 4.50. The van der Waals surface area contributed by atoms with E-state index in [0.29, 0.717) is 25.1 Å². The second-order valence-corrected chi connectivity index (χ2v) is 4.50. The monoisotopic (exact) mass is 278 g/mol. The van der Waals surface area contributed by atoms with Crippen LogP contribution in [-0.2, 0) is 9.53 Å². The van der Waals surface area contributed by atoms with Crippen LogP contribution in [-0.4, -0.2) is 38.0 Å². The summed E-state index contributed by atoms with van der Waals surface area (Å²) in [5.41, 5.74) is 1.50. The third-order valence-electron chi connectivity index (χ3n) is 2.91. The van der Waals surface area contributed by atoms with E-state index in [2.05, 4.69) is 10.6 Å². The van der Waals surface area contributed by atoms with Crippen LogP contribution in [0.5, 0.6) is 0 Å². The Hall–Kier alpha value is -1.88. The Labute approximate surface area is 119 Å². The Kier molecular flexibility index (Phi) is 6.73. The van der Waals surface area contributed by atoms with Gasteiger partial charge in [0, 0.05) is 31.3 Å². The first-order valence-electron chi connectivity index (χ1n) is 6.75. The molecule has 0 saturated carbocycles. The van der Waals surface area contributed by atoms with Gasteiger partial charge in [-0.2, -0.15) is 0 Å². The molecule has 0 aliphatic carbocycles. The first-order chi connectivity index (χ1) is 9.58. The third kappa shape index (κ3) is 5.01. The van der Waals surface area contributed by atoms with Crippen molar-refractivity contribution >= 4 is 17.4 Å². The minimum absolute atomic E-state index is 0.0873. The lowest BCUT2D eigenvalue weighted by atomic mass is 10.1.